The molecule has 0 radical (unpaired) electrons. The summed E-state index contributed by atoms with van der Waals surface area (Å²) in [6.07, 6.45) is 3.59. The smallest absolute Gasteiger partial charge is 0.308 e. The molecule has 1 spiro atoms. The summed E-state index contributed by atoms with van der Waals surface area (Å²) in [6.45, 7) is 4.45. The Morgan fingerprint density at radius 2 is 2.06 bits per heavy atom. The van der Waals surface area contributed by atoms with Gasteiger partial charge in [-0.25, -0.2) is 0 Å². The summed E-state index contributed by atoms with van der Waals surface area (Å²) < 4.78 is 12.4. The number of rotatable bonds is 2. The van der Waals surface area contributed by atoms with Crippen molar-refractivity contribution in [1.82, 2.24) is 9.80 Å². The van der Waals surface area contributed by atoms with E-state index in [9.17, 15) is 9.59 Å². The van der Waals surface area contributed by atoms with Gasteiger partial charge in [0, 0.05) is 48.0 Å². The second-order valence-electron chi connectivity index (χ2n) is 10.9. The molecule has 0 N–H and O–H groups in total. The van der Waals surface area contributed by atoms with E-state index in [0.717, 1.165) is 54.7 Å². The second-order valence-corrected chi connectivity index (χ2v) is 10.9. The van der Waals surface area contributed by atoms with Gasteiger partial charge in [-0.1, -0.05) is 18.1 Å². The summed E-state index contributed by atoms with van der Waals surface area (Å²) in [5.74, 6) is 7.41. The van der Waals surface area contributed by atoms with Crippen LogP contribution in [-0.4, -0.2) is 60.5 Å². The van der Waals surface area contributed by atoms with Crippen LogP contribution in [0, 0.1) is 24.7 Å². The van der Waals surface area contributed by atoms with Crippen molar-refractivity contribution in [3.8, 4) is 23.3 Å². The van der Waals surface area contributed by atoms with Crippen molar-refractivity contribution in [2.45, 2.75) is 63.1 Å². The average molecular weight is 485 g/mol. The van der Waals surface area contributed by atoms with Crippen molar-refractivity contribution in [2.24, 2.45) is 5.92 Å². The van der Waals surface area contributed by atoms with E-state index in [0.29, 0.717) is 17.7 Å². The Kier molecular flexibility index (Phi) is 5.38. The topological polar surface area (TPSA) is 59.1 Å². The number of piperidine rings is 1. The second kappa shape index (κ2) is 8.38. The zero-order valence-corrected chi connectivity index (χ0v) is 21.3. The number of amides is 1. The lowest BCUT2D eigenvalue weighted by Gasteiger charge is -2.59. The van der Waals surface area contributed by atoms with Gasteiger partial charge in [0.15, 0.2) is 0 Å². The van der Waals surface area contributed by atoms with E-state index in [-0.39, 0.29) is 29.4 Å². The van der Waals surface area contributed by atoms with Crippen molar-refractivity contribution in [3.63, 3.8) is 0 Å². The Labute approximate surface area is 212 Å². The molecule has 0 unspecified atom stereocenters. The zero-order valence-electron chi connectivity index (χ0n) is 21.3. The molecule has 186 valence electrons. The van der Waals surface area contributed by atoms with Gasteiger partial charge in [0.05, 0.1) is 6.04 Å². The van der Waals surface area contributed by atoms with Crippen LogP contribution in [0.4, 0.5) is 0 Å². The van der Waals surface area contributed by atoms with Crippen LogP contribution < -0.4 is 9.47 Å². The molecule has 2 aliphatic heterocycles. The van der Waals surface area contributed by atoms with Crippen LogP contribution in [0.3, 0.4) is 0 Å². The standard InChI is InChI=1S/C30H32N2O4/c1-18-6-5-7-20(16-18)8-13-27(34)32(4)23-10-9-22-24-17-21-25(35-19(2)33)11-12-26-28(21)30(22,29(23)36-26)14-15-31(24)3/h5-7,11-12,16,22-24,29H,9-10,14-15,17H2,1-4H3/t22-,23+,24+,29-,30-/m0/s1. The van der Waals surface area contributed by atoms with Crippen LogP contribution in [0.5, 0.6) is 11.5 Å². The van der Waals surface area contributed by atoms with Gasteiger partial charge in [-0.3, -0.25) is 9.59 Å². The molecule has 6 nitrogen and oxygen atoms in total. The van der Waals surface area contributed by atoms with Gasteiger partial charge in [0.25, 0.3) is 5.91 Å². The van der Waals surface area contributed by atoms with E-state index >= 15 is 0 Å². The lowest BCUT2D eigenvalue weighted by atomic mass is 9.51. The average Bonchev–Trinajstić information content (AvgIpc) is 3.19. The number of ether oxygens (including phenoxy) is 2. The summed E-state index contributed by atoms with van der Waals surface area (Å²) in [7, 11) is 4.06. The third-order valence-electron chi connectivity index (χ3n) is 8.97. The number of nitrogens with zero attached hydrogens (tertiary/aromatic N) is 2. The van der Waals surface area contributed by atoms with E-state index in [1.54, 1.807) is 4.90 Å². The quantitative estimate of drug-likeness (QED) is 0.371. The first-order valence-corrected chi connectivity index (χ1v) is 12.9. The maximum Gasteiger partial charge on any atom is 0.308 e. The minimum atomic E-state index is -0.307. The molecule has 2 aromatic rings. The fourth-order valence-corrected chi connectivity index (χ4v) is 7.44. The molecular formula is C30H32N2O4. The molecule has 2 fully saturated rings. The minimum absolute atomic E-state index is 0.0693. The summed E-state index contributed by atoms with van der Waals surface area (Å²) in [5, 5.41) is 0. The molecule has 4 aliphatic rings. The lowest BCUT2D eigenvalue weighted by molar-refractivity contribution is -0.134. The van der Waals surface area contributed by atoms with Gasteiger partial charge >= 0.3 is 5.97 Å². The molecule has 1 saturated heterocycles. The summed E-state index contributed by atoms with van der Waals surface area (Å²) >= 11 is 0. The fraction of sp³-hybridized carbons (Fsp3) is 0.467. The monoisotopic (exact) mass is 484 g/mol. The van der Waals surface area contributed by atoms with Gasteiger partial charge < -0.3 is 19.3 Å². The summed E-state index contributed by atoms with van der Waals surface area (Å²) in [5.41, 5.74) is 4.10. The molecule has 1 amide bonds. The Bertz CT molecular complexity index is 1320. The summed E-state index contributed by atoms with van der Waals surface area (Å²) in [6, 6.07) is 12.0. The Morgan fingerprint density at radius 3 is 2.83 bits per heavy atom. The first-order valence-electron chi connectivity index (χ1n) is 12.9. The lowest BCUT2D eigenvalue weighted by Crippen LogP contribution is -2.68. The highest BCUT2D eigenvalue weighted by molar-refractivity contribution is 5.94. The number of hydrogen-bond acceptors (Lipinski definition) is 5. The molecule has 2 bridgehead atoms. The van der Waals surface area contributed by atoms with Crippen LogP contribution in [0.25, 0.3) is 0 Å². The van der Waals surface area contributed by atoms with Gasteiger partial charge in [0.1, 0.15) is 17.6 Å². The third-order valence-corrected chi connectivity index (χ3v) is 8.97. The SMILES string of the molecule is CC(=O)Oc1ccc2c3c1C[C@@H]1[C@@H]4CC[C@@H](N(C)C(=O)C#Cc5cccc(C)c5)[C@H](O2)[C@]34CCN1C. The van der Waals surface area contributed by atoms with Crippen LogP contribution in [0.15, 0.2) is 36.4 Å². The van der Waals surface area contributed by atoms with Crippen molar-refractivity contribution in [1.29, 1.82) is 0 Å². The van der Waals surface area contributed by atoms with Crippen molar-refractivity contribution in [3.05, 3.63) is 58.7 Å². The van der Waals surface area contributed by atoms with Crippen molar-refractivity contribution < 1.29 is 19.1 Å². The molecule has 6 heteroatoms. The van der Waals surface area contributed by atoms with Crippen LogP contribution in [-0.2, 0) is 21.4 Å². The van der Waals surface area contributed by atoms with Crippen LogP contribution in [0.1, 0.15) is 48.4 Å². The number of hydrogen-bond donors (Lipinski definition) is 0. The van der Waals surface area contributed by atoms with Crippen molar-refractivity contribution >= 4 is 11.9 Å². The van der Waals surface area contributed by atoms with E-state index < -0.39 is 0 Å². The zero-order chi connectivity index (χ0) is 25.2. The number of carbonyl (C=O) groups is 2. The predicted octanol–water partition coefficient (Wildman–Crippen LogP) is 3.47. The molecule has 2 aromatic carbocycles. The number of carbonyl (C=O) groups excluding carboxylic acids is 2. The first kappa shape index (κ1) is 23.1. The Balaban J connectivity index is 1.37. The van der Waals surface area contributed by atoms with Crippen LogP contribution in [0.2, 0.25) is 0 Å². The highest BCUT2D eigenvalue weighted by atomic mass is 16.5. The highest BCUT2D eigenvalue weighted by Crippen LogP contribution is 2.63. The Morgan fingerprint density at radius 1 is 1.22 bits per heavy atom. The fourth-order valence-electron chi connectivity index (χ4n) is 7.44. The summed E-state index contributed by atoms with van der Waals surface area (Å²) in [4.78, 5) is 29.4. The molecule has 2 aliphatic carbocycles. The Hall–Kier alpha value is -3.30. The predicted molar refractivity (Wildman–Crippen MR) is 136 cm³/mol. The van der Waals surface area contributed by atoms with E-state index in [4.69, 9.17) is 9.47 Å². The number of likely N-dealkylation sites (tertiary alicyclic amines) is 1. The van der Waals surface area contributed by atoms with Gasteiger partial charge in [0.2, 0.25) is 0 Å². The number of likely N-dealkylation sites (N-methyl/N-ethyl adjacent to an activating group) is 2. The molecule has 0 aromatic heterocycles. The first-order chi connectivity index (χ1) is 17.3. The maximum absolute atomic E-state index is 13.3. The van der Waals surface area contributed by atoms with Crippen LogP contribution >= 0.6 is 0 Å². The molecule has 1 saturated carbocycles. The molecule has 2 heterocycles. The number of esters is 1. The van der Waals surface area contributed by atoms with Gasteiger partial charge in [-0.15, -0.1) is 0 Å². The number of benzene rings is 2. The number of aryl methyl sites for hydroxylation is 1. The van der Waals surface area contributed by atoms with Gasteiger partial charge in [-0.05, 0) is 81.9 Å². The van der Waals surface area contributed by atoms with Crippen molar-refractivity contribution in [2.75, 3.05) is 20.6 Å². The third kappa shape index (κ3) is 3.37. The van der Waals surface area contributed by atoms with E-state index in [1.807, 2.05) is 50.4 Å². The molecule has 6 rings (SSSR count). The molecule has 36 heavy (non-hydrogen) atoms. The molecular weight excluding hydrogens is 452 g/mol. The van der Waals surface area contributed by atoms with Gasteiger partial charge in [-0.2, -0.15) is 0 Å². The largest absolute Gasteiger partial charge is 0.487 e. The van der Waals surface area contributed by atoms with E-state index in [2.05, 4.69) is 23.8 Å². The maximum atomic E-state index is 13.3. The highest BCUT2D eigenvalue weighted by Gasteiger charge is 2.66. The normalized spacial score (nSPS) is 29.3. The van der Waals surface area contributed by atoms with E-state index in [1.165, 1.54) is 12.5 Å². The molecule has 5 atom stereocenters. The minimum Gasteiger partial charge on any atom is -0.487 e.